The number of carbonyl (C=O) groups is 5. The normalized spacial score (nSPS) is 15.5. The molecular formula is C43H52FN7O9S. The number of aryl methyl sites for hydroxylation is 1. The average Bonchev–Trinajstić information content (AvgIpc) is 3.84. The number of nitrogens with two attached hydrogens (primary N) is 1. The van der Waals surface area contributed by atoms with Crippen LogP contribution < -0.4 is 27.0 Å². The summed E-state index contributed by atoms with van der Waals surface area (Å²) in [4.78, 5) is 71.6. The molecule has 0 spiro atoms. The maximum absolute atomic E-state index is 13.9. The Labute approximate surface area is 357 Å². The Hall–Kier alpha value is -5.79. The Morgan fingerprint density at radius 3 is 2.20 bits per heavy atom. The van der Waals surface area contributed by atoms with E-state index in [0.717, 1.165) is 27.8 Å². The number of nitrogens with one attached hydrogen (secondary N) is 4. The SMILES string of the molecule is Cc1ncsc1-c1ccc(CNC(=O)C2CC(O)CN2C(=O)C(NC(=O)COCCOCCOCC(=O)Nc2ccc(C(=O)Nc3ccc(F)cc3N)cc2)C(C)(C)C)cc1. The molecule has 16 nitrogen and oxygen atoms in total. The number of halogens is 1. The van der Waals surface area contributed by atoms with Crippen molar-refractivity contribution in [1.82, 2.24) is 20.5 Å². The summed E-state index contributed by atoms with van der Waals surface area (Å²) < 4.78 is 29.6. The van der Waals surface area contributed by atoms with Crippen LogP contribution in [0.25, 0.3) is 10.4 Å². The van der Waals surface area contributed by atoms with Crippen LogP contribution in [0.4, 0.5) is 21.5 Å². The Morgan fingerprint density at radius 2 is 1.57 bits per heavy atom. The minimum atomic E-state index is -1.00. The van der Waals surface area contributed by atoms with Gasteiger partial charge in [0.2, 0.25) is 23.6 Å². The maximum Gasteiger partial charge on any atom is 0.255 e. The summed E-state index contributed by atoms with van der Waals surface area (Å²) in [5, 5.41) is 21.4. The molecule has 2 heterocycles. The number of aromatic nitrogens is 1. The first-order valence-electron chi connectivity index (χ1n) is 19.6. The largest absolute Gasteiger partial charge is 0.397 e. The third-order valence-corrected chi connectivity index (χ3v) is 10.6. The molecule has 1 fully saturated rings. The van der Waals surface area contributed by atoms with E-state index >= 15 is 0 Å². The molecule has 7 N–H and O–H groups in total. The summed E-state index contributed by atoms with van der Waals surface area (Å²) in [6.07, 6.45) is -0.822. The van der Waals surface area contributed by atoms with Crippen molar-refractivity contribution in [3.8, 4) is 10.4 Å². The van der Waals surface area contributed by atoms with E-state index in [1.165, 1.54) is 29.2 Å². The molecular weight excluding hydrogens is 810 g/mol. The van der Waals surface area contributed by atoms with Crippen molar-refractivity contribution in [2.24, 2.45) is 5.41 Å². The number of benzene rings is 3. The summed E-state index contributed by atoms with van der Waals surface area (Å²) in [5.41, 5.74) is 10.8. The molecule has 5 amide bonds. The van der Waals surface area contributed by atoms with Crippen molar-refractivity contribution in [3.05, 3.63) is 94.9 Å². The molecule has 3 atom stereocenters. The van der Waals surface area contributed by atoms with Crippen LogP contribution in [-0.4, -0.2) is 109 Å². The van der Waals surface area contributed by atoms with E-state index in [1.54, 1.807) is 49.8 Å². The fraction of sp³-hybridized carbons (Fsp3) is 0.395. The maximum atomic E-state index is 13.9. The van der Waals surface area contributed by atoms with Crippen molar-refractivity contribution in [3.63, 3.8) is 0 Å². The minimum Gasteiger partial charge on any atom is -0.397 e. The number of aliphatic hydroxyl groups excluding tert-OH is 1. The lowest BCUT2D eigenvalue weighted by atomic mass is 9.85. The van der Waals surface area contributed by atoms with Crippen LogP contribution in [0.1, 0.15) is 48.8 Å². The van der Waals surface area contributed by atoms with Crippen molar-refractivity contribution < 1.29 is 47.7 Å². The second-order valence-electron chi connectivity index (χ2n) is 15.5. The molecule has 326 valence electrons. The van der Waals surface area contributed by atoms with Gasteiger partial charge in [-0.2, -0.15) is 0 Å². The molecule has 61 heavy (non-hydrogen) atoms. The van der Waals surface area contributed by atoms with E-state index < -0.39 is 59.0 Å². The number of ether oxygens (including phenoxy) is 3. The van der Waals surface area contributed by atoms with E-state index in [2.05, 4.69) is 26.3 Å². The summed E-state index contributed by atoms with van der Waals surface area (Å²) in [6, 6.07) is 15.7. The van der Waals surface area contributed by atoms with Gasteiger partial charge in [-0.1, -0.05) is 45.0 Å². The molecule has 1 saturated heterocycles. The molecule has 18 heteroatoms. The molecule has 0 bridgehead atoms. The van der Waals surface area contributed by atoms with Gasteiger partial charge in [0.05, 0.1) is 60.0 Å². The minimum absolute atomic E-state index is 0.0433. The highest BCUT2D eigenvalue weighted by molar-refractivity contribution is 7.13. The molecule has 0 saturated carbocycles. The van der Waals surface area contributed by atoms with Crippen LogP contribution in [0.3, 0.4) is 0 Å². The number of anilines is 3. The highest BCUT2D eigenvalue weighted by Crippen LogP contribution is 2.28. The van der Waals surface area contributed by atoms with Gasteiger partial charge in [-0.05, 0) is 65.9 Å². The second kappa shape index (κ2) is 21.6. The van der Waals surface area contributed by atoms with E-state index in [-0.39, 0.29) is 70.5 Å². The first-order chi connectivity index (χ1) is 29.1. The Morgan fingerprint density at radius 1 is 0.918 bits per heavy atom. The lowest BCUT2D eigenvalue weighted by Gasteiger charge is -2.35. The van der Waals surface area contributed by atoms with Crippen LogP contribution in [-0.2, 0) is 39.9 Å². The number of amides is 5. The monoisotopic (exact) mass is 861 g/mol. The summed E-state index contributed by atoms with van der Waals surface area (Å²) in [7, 11) is 0. The van der Waals surface area contributed by atoms with E-state index in [0.29, 0.717) is 11.3 Å². The number of hydrogen-bond donors (Lipinski definition) is 6. The Balaban J connectivity index is 0.961. The Bertz CT molecular complexity index is 2140. The number of nitrogen functional groups attached to an aromatic ring is 1. The standard InChI is InChI=1S/C43H52FN7O9S/c1-26-38(61-25-47-26)28-7-5-27(6-8-28)21-46-41(56)35-20-32(52)22-51(35)42(57)39(43(2,3)4)50-37(54)24-60-18-16-58-15-17-59-23-36(53)48-31-12-9-29(10-13-31)40(55)49-34-14-11-30(44)19-33(34)45/h5-14,19,25,32,35,39,52H,15-18,20-24,45H2,1-4H3,(H,46,56)(H,48,53)(H,49,55)(H,50,54). The fourth-order valence-electron chi connectivity index (χ4n) is 6.39. The third-order valence-electron chi connectivity index (χ3n) is 9.61. The zero-order valence-corrected chi connectivity index (χ0v) is 35.3. The van der Waals surface area contributed by atoms with Gasteiger partial charge in [0.15, 0.2) is 0 Å². The predicted octanol–water partition coefficient (Wildman–Crippen LogP) is 3.89. The first-order valence-corrected chi connectivity index (χ1v) is 20.5. The van der Waals surface area contributed by atoms with Crippen molar-refractivity contribution >= 4 is 57.9 Å². The molecule has 0 aliphatic carbocycles. The van der Waals surface area contributed by atoms with E-state index in [1.807, 2.05) is 31.2 Å². The number of likely N-dealkylation sites (tertiary alicyclic amines) is 1. The fourth-order valence-corrected chi connectivity index (χ4v) is 7.21. The van der Waals surface area contributed by atoms with Gasteiger partial charge in [-0.3, -0.25) is 24.0 Å². The Kier molecular flexibility index (Phi) is 16.4. The average molecular weight is 862 g/mol. The zero-order valence-electron chi connectivity index (χ0n) is 34.5. The van der Waals surface area contributed by atoms with Crippen molar-refractivity contribution in [2.45, 2.75) is 58.8 Å². The van der Waals surface area contributed by atoms with Gasteiger partial charge < -0.3 is 51.2 Å². The number of thiazole rings is 1. The van der Waals surface area contributed by atoms with E-state index in [4.69, 9.17) is 19.9 Å². The number of nitrogens with zero attached hydrogens (tertiary/aromatic N) is 2. The number of carbonyl (C=O) groups excluding carboxylic acids is 5. The molecule has 1 aliphatic heterocycles. The molecule has 3 aromatic carbocycles. The summed E-state index contributed by atoms with van der Waals surface area (Å²) in [5.74, 6) is -2.80. The van der Waals surface area contributed by atoms with Crippen LogP contribution in [0.2, 0.25) is 0 Å². The molecule has 3 unspecified atom stereocenters. The molecule has 1 aromatic heterocycles. The lowest BCUT2D eigenvalue weighted by molar-refractivity contribution is -0.144. The predicted molar refractivity (Wildman–Crippen MR) is 228 cm³/mol. The molecule has 0 radical (unpaired) electrons. The number of hydrogen-bond acceptors (Lipinski definition) is 12. The van der Waals surface area contributed by atoms with Gasteiger partial charge in [0.1, 0.15) is 31.1 Å². The smallest absolute Gasteiger partial charge is 0.255 e. The van der Waals surface area contributed by atoms with Crippen LogP contribution in [0, 0.1) is 18.2 Å². The lowest BCUT2D eigenvalue weighted by Crippen LogP contribution is -2.58. The number of β-amino-alcohol motifs (C(OH)–C–C–N with tert-alkyl or cyclic N) is 1. The van der Waals surface area contributed by atoms with Crippen LogP contribution in [0.5, 0.6) is 0 Å². The van der Waals surface area contributed by atoms with Gasteiger partial charge in [-0.25, -0.2) is 9.37 Å². The highest BCUT2D eigenvalue weighted by Gasteiger charge is 2.44. The van der Waals surface area contributed by atoms with Gasteiger partial charge in [0.25, 0.3) is 5.91 Å². The van der Waals surface area contributed by atoms with E-state index in [9.17, 15) is 33.5 Å². The summed E-state index contributed by atoms with van der Waals surface area (Å²) in [6.45, 7) is 7.42. The highest BCUT2D eigenvalue weighted by atomic mass is 32.1. The topological polar surface area (TPSA) is 224 Å². The van der Waals surface area contributed by atoms with Crippen molar-refractivity contribution in [2.75, 3.05) is 62.6 Å². The third kappa shape index (κ3) is 13.6. The molecule has 5 rings (SSSR count). The number of rotatable bonds is 19. The van der Waals surface area contributed by atoms with Gasteiger partial charge >= 0.3 is 0 Å². The number of aliphatic hydroxyl groups is 1. The quantitative estimate of drug-likeness (QED) is 0.0586. The molecule has 1 aliphatic rings. The van der Waals surface area contributed by atoms with Gasteiger partial charge in [-0.15, -0.1) is 11.3 Å². The molecule has 4 aromatic rings. The van der Waals surface area contributed by atoms with Crippen molar-refractivity contribution in [1.29, 1.82) is 0 Å². The zero-order chi connectivity index (χ0) is 44.1. The van der Waals surface area contributed by atoms with Gasteiger partial charge in [0, 0.05) is 30.8 Å². The first kappa shape index (κ1) is 46.3. The second-order valence-corrected chi connectivity index (χ2v) is 16.3. The van der Waals surface area contributed by atoms with Crippen LogP contribution in [0.15, 0.2) is 72.2 Å². The van der Waals surface area contributed by atoms with Crippen LogP contribution >= 0.6 is 11.3 Å². The summed E-state index contributed by atoms with van der Waals surface area (Å²) >= 11 is 1.56.